The van der Waals surface area contributed by atoms with Gasteiger partial charge in [-0.15, -0.1) is 0 Å². The molecule has 0 bridgehead atoms. The van der Waals surface area contributed by atoms with Crippen LogP contribution in [0, 0.1) is 11.5 Å². The monoisotopic (exact) mass is 96.1 g/mol. The van der Waals surface area contributed by atoms with Gasteiger partial charge in [-0.1, -0.05) is 0 Å². The van der Waals surface area contributed by atoms with E-state index < -0.39 is 0 Å². The van der Waals surface area contributed by atoms with Gasteiger partial charge in [0.15, 0.2) is 6.34 Å². The molecule has 3 heteroatoms. The van der Waals surface area contributed by atoms with E-state index in [0.717, 1.165) is 0 Å². The average molecular weight is 96.1 g/mol. The van der Waals surface area contributed by atoms with Gasteiger partial charge in [0.1, 0.15) is 0 Å². The van der Waals surface area contributed by atoms with Crippen LogP contribution in [0.5, 0.6) is 0 Å². The number of rotatable bonds is 1. The highest BCUT2D eigenvalue weighted by Crippen LogP contribution is 1.62. The molecule has 1 radical (unpaired) electrons. The van der Waals surface area contributed by atoms with Gasteiger partial charge in [-0.25, -0.2) is 0 Å². The van der Waals surface area contributed by atoms with Crippen LogP contribution in [0.4, 0.5) is 0 Å². The SMILES string of the molecule is CN(C)/[C]=N/C#N. The predicted molar refractivity (Wildman–Crippen MR) is 26.7 cm³/mol. The third kappa shape index (κ3) is 4.96. The minimum atomic E-state index is 1.57. The smallest absolute Gasteiger partial charge is 0.207 e. The van der Waals surface area contributed by atoms with Gasteiger partial charge in [0, 0.05) is 14.1 Å². The molecule has 0 aliphatic rings. The molecule has 0 aromatic rings. The van der Waals surface area contributed by atoms with E-state index in [9.17, 15) is 0 Å². The summed E-state index contributed by atoms with van der Waals surface area (Å²) in [5.74, 6) is 0. The van der Waals surface area contributed by atoms with Crippen molar-refractivity contribution in [3.05, 3.63) is 0 Å². The fourth-order valence-electron chi connectivity index (χ4n) is 0.122. The lowest BCUT2D eigenvalue weighted by Crippen LogP contribution is -2.06. The van der Waals surface area contributed by atoms with Crippen LogP contribution in [0.25, 0.3) is 0 Å². The molecule has 0 aliphatic carbocycles. The molecule has 0 aliphatic heterocycles. The maximum atomic E-state index is 7.81. The summed E-state index contributed by atoms with van der Waals surface area (Å²) in [4.78, 5) is 4.73. The molecule has 0 aromatic carbocycles. The Morgan fingerprint density at radius 1 is 1.57 bits per heavy atom. The van der Waals surface area contributed by atoms with E-state index in [2.05, 4.69) is 11.3 Å². The molecule has 0 unspecified atom stereocenters. The van der Waals surface area contributed by atoms with Crippen LogP contribution in [0.15, 0.2) is 4.99 Å². The van der Waals surface area contributed by atoms with Crippen molar-refractivity contribution in [2.24, 2.45) is 4.99 Å². The van der Waals surface area contributed by atoms with Crippen molar-refractivity contribution in [2.75, 3.05) is 14.1 Å². The molecule has 0 amide bonds. The van der Waals surface area contributed by atoms with Crippen LogP contribution in [-0.2, 0) is 0 Å². The molecule has 7 heavy (non-hydrogen) atoms. The molecular weight excluding hydrogens is 90.1 g/mol. The number of hydrogen-bond acceptors (Lipinski definition) is 2. The highest BCUT2D eigenvalue weighted by molar-refractivity contribution is 5.54. The Bertz CT molecular complexity index is 98.0. The van der Waals surface area contributed by atoms with Crippen molar-refractivity contribution in [1.29, 1.82) is 5.26 Å². The van der Waals surface area contributed by atoms with Crippen molar-refractivity contribution in [3.63, 3.8) is 0 Å². The Balaban J connectivity index is 3.31. The first-order valence-corrected chi connectivity index (χ1v) is 1.79. The summed E-state index contributed by atoms with van der Waals surface area (Å²) in [6.07, 6.45) is 3.96. The van der Waals surface area contributed by atoms with Crippen molar-refractivity contribution < 1.29 is 0 Å². The first kappa shape index (κ1) is 5.96. The third-order valence-corrected chi connectivity index (χ3v) is 0.300. The van der Waals surface area contributed by atoms with Gasteiger partial charge >= 0.3 is 0 Å². The summed E-state index contributed by atoms with van der Waals surface area (Å²) in [6, 6.07) is 0. The molecular formula is C4H6N3. The van der Waals surface area contributed by atoms with Gasteiger partial charge in [0.2, 0.25) is 6.19 Å². The fraction of sp³-hybridized carbons (Fsp3) is 0.500. The minimum absolute atomic E-state index is 1.57. The van der Waals surface area contributed by atoms with Gasteiger partial charge in [-0.2, -0.15) is 10.3 Å². The molecule has 0 atom stereocenters. The molecule has 0 heterocycles. The van der Waals surface area contributed by atoms with Gasteiger partial charge in [0.05, 0.1) is 0 Å². The molecule has 0 spiro atoms. The molecule has 0 saturated carbocycles. The molecule has 0 N–H and O–H groups in total. The van der Waals surface area contributed by atoms with Crippen molar-refractivity contribution in [1.82, 2.24) is 4.90 Å². The molecule has 37 valence electrons. The second-order valence-corrected chi connectivity index (χ2v) is 1.21. The van der Waals surface area contributed by atoms with Crippen LogP contribution in [-0.4, -0.2) is 25.3 Å². The molecule has 0 fully saturated rings. The summed E-state index contributed by atoms with van der Waals surface area (Å²) in [6.45, 7) is 0. The lowest BCUT2D eigenvalue weighted by molar-refractivity contribution is 0.643. The third-order valence-electron chi connectivity index (χ3n) is 0.300. The van der Waals surface area contributed by atoms with E-state index in [-0.39, 0.29) is 0 Å². The molecule has 0 rings (SSSR count). The van der Waals surface area contributed by atoms with Gasteiger partial charge in [0.25, 0.3) is 0 Å². The summed E-state index contributed by atoms with van der Waals surface area (Å²) in [7, 11) is 3.50. The van der Waals surface area contributed by atoms with Gasteiger partial charge in [-0.3, -0.25) is 0 Å². The largest absolute Gasteiger partial charge is 0.359 e. The fourth-order valence-corrected chi connectivity index (χ4v) is 0.122. The zero-order valence-corrected chi connectivity index (χ0v) is 4.34. The second-order valence-electron chi connectivity index (χ2n) is 1.21. The quantitative estimate of drug-likeness (QED) is 0.198. The number of nitriles is 1. The highest BCUT2D eigenvalue weighted by atomic mass is 15.1. The average Bonchev–Trinajstić information content (AvgIpc) is 1.61. The van der Waals surface area contributed by atoms with Crippen LogP contribution in [0.2, 0.25) is 0 Å². The van der Waals surface area contributed by atoms with Crippen LogP contribution >= 0.6 is 0 Å². The van der Waals surface area contributed by atoms with E-state index in [1.165, 1.54) is 0 Å². The lowest BCUT2D eigenvalue weighted by Gasteiger charge is -1.95. The highest BCUT2D eigenvalue weighted by Gasteiger charge is 1.72. The van der Waals surface area contributed by atoms with Crippen molar-refractivity contribution >= 4 is 6.34 Å². The van der Waals surface area contributed by atoms with Gasteiger partial charge in [-0.05, 0) is 0 Å². The number of aliphatic imine (C=N–C) groups is 1. The zero-order valence-electron chi connectivity index (χ0n) is 4.34. The second kappa shape index (κ2) is 3.16. The Morgan fingerprint density at radius 3 is 2.29 bits per heavy atom. The predicted octanol–water partition coefficient (Wildman–Crippen LogP) is -0.0656. The zero-order chi connectivity index (χ0) is 5.70. The Labute approximate surface area is 42.9 Å². The Kier molecular flexibility index (Phi) is 2.69. The van der Waals surface area contributed by atoms with Crippen molar-refractivity contribution in [2.45, 2.75) is 0 Å². The number of nitrogens with zero attached hydrogens (tertiary/aromatic N) is 3. The lowest BCUT2D eigenvalue weighted by atomic mass is 10.9. The number of hydrogen-bond donors (Lipinski definition) is 0. The Morgan fingerprint density at radius 2 is 2.14 bits per heavy atom. The summed E-state index contributed by atoms with van der Waals surface area (Å²) < 4.78 is 0. The van der Waals surface area contributed by atoms with Crippen molar-refractivity contribution in [3.8, 4) is 6.19 Å². The maximum absolute atomic E-state index is 7.81. The van der Waals surface area contributed by atoms with E-state index >= 15 is 0 Å². The molecule has 0 aromatic heterocycles. The summed E-state index contributed by atoms with van der Waals surface area (Å²) in [5, 5.41) is 7.81. The van der Waals surface area contributed by atoms with E-state index in [0.29, 0.717) is 0 Å². The summed E-state index contributed by atoms with van der Waals surface area (Å²) in [5.41, 5.74) is 0. The normalized spacial score (nSPS) is 8.71. The first-order chi connectivity index (χ1) is 3.27. The topological polar surface area (TPSA) is 39.4 Å². The Hall–Kier alpha value is -1.04. The van der Waals surface area contributed by atoms with Crippen LogP contribution in [0.1, 0.15) is 0 Å². The molecule has 0 saturated heterocycles. The van der Waals surface area contributed by atoms with E-state index in [1.54, 1.807) is 25.2 Å². The van der Waals surface area contributed by atoms with E-state index in [4.69, 9.17) is 5.26 Å². The standard InChI is InChI=1S/C4H6N3/c1-7(2)4-6-3-5/h1-2H3. The minimum Gasteiger partial charge on any atom is -0.359 e. The molecule has 3 nitrogen and oxygen atoms in total. The summed E-state index contributed by atoms with van der Waals surface area (Å²) >= 11 is 0. The van der Waals surface area contributed by atoms with Crippen LogP contribution in [0.3, 0.4) is 0 Å². The van der Waals surface area contributed by atoms with Gasteiger partial charge < -0.3 is 4.90 Å². The van der Waals surface area contributed by atoms with E-state index in [1.807, 2.05) is 0 Å². The van der Waals surface area contributed by atoms with Crippen LogP contribution < -0.4 is 0 Å². The maximum Gasteiger partial charge on any atom is 0.207 e. The first-order valence-electron chi connectivity index (χ1n) is 1.79.